The molecule has 102 valence electrons. The average molecular weight is 240 g/mol. The molecule has 0 atom stereocenters. The first-order valence-electron chi connectivity index (χ1n) is 7.82. The van der Waals surface area contributed by atoms with Crippen molar-refractivity contribution in [2.45, 2.75) is 77.2 Å². The van der Waals surface area contributed by atoms with Crippen LogP contribution in [0.4, 0.5) is 0 Å². The van der Waals surface area contributed by atoms with Crippen molar-refractivity contribution in [2.75, 3.05) is 19.6 Å². The number of rotatable bonds is 12. The number of hydrogen-bond donors (Lipinski definition) is 1. The minimum Gasteiger partial charge on any atom is -0.329 e. The van der Waals surface area contributed by atoms with Crippen LogP contribution in [-0.4, -0.2) is 30.6 Å². The van der Waals surface area contributed by atoms with Crippen LogP contribution in [0.15, 0.2) is 0 Å². The third kappa shape index (κ3) is 7.77. The average Bonchev–Trinajstić information content (AvgIpc) is 3.15. The molecule has 0 aromatic heterocycles. The van der Waals surface area contributed by atoms with Crippen molar-refractivity contribution in [2.24, 2.45) is 5.73 Å². The zero-order chi connectivity index (χ0) is 12.3. The summed E-state index contributed by atoms with van der Waals surface area (Å²) in [5.74, 6) is 0. The molecule has 0 spiro atoms. The van der Waals surface area contributed by atoms with E-state index in [4.69, 9.17) is 5.73 Å². The summed E-state index contributed by atoms with van der Waals surface area (Å²) in [6, 6.07) is 0.892. The Labute approximate surface area is 108 Å². The van der Waals surface area contributed by atoms with Gasteiger partial charge in [-0.1, -0.05) is 51.9 Å². The first-order valence-corrected chi connectivity index (χ1v) is 7.82. The summed E-state index contributed by atoms with van der Waals surface area (Å²) in [6.07, 6.45) is 14.2. The van der Waals surface area contributed by atoms with E-state index in [1.165, 1.54) is 70.8 Å². The predicted octanol–water partition coefficient (Wildman–Crippen LogP) is 3.55. The summed E-state index contributed by atoms with van der Waals surface area (Å²) in [6.45, 7) is 5.51. The zero-order valence-electron chi connectivity index (χ0n) is 11.8. The molecular weight excluding hydrogens is 208 g/mol. The molecule has 1 aliphatic carbocycles. The highest BCUT2D eigenvalue weighted by Crippen LogP contribution is 2.26. The quantitative estimate of drug-likeness (QED) is 0.529. The Balaban J connectivity index is 1.85. The standard InChI is InChI=1S/C15H32N2/c1-2-3-4-5-6-7-8-9-13-17(14-12-16)15-10-11-15/h15H,2-14,16H2,1H3. The van der Waals surface area contributed by atoms with Gasteiger partial charge in [0.2, 0.25) is 0 Å². The molecule has 1 rings (SSSR count). The number of nitrogens with two attached hydrogens (primary N) is 1. The molecule has 2 heteroatoms. The molecule has 0 amide bonds. The van der Waals surface area contributed by atoms with Crippen molar-refractivity contribution in [3.05, 3.63) is 0 Å². The first-order chi connectivity index (χ1) is 8.38. The normalized spacial score (nSPS) is 15.7. The predicted molar refractivity (Wildman–Crippen MR) is 76.3 cm³/mol. The fourth-order valence-corrected chi connectivity index (χ4v) is 2.53. The van der Waals surface area contributed by atoms with Crippen LogP contribution in [0, 0.1) is 0 Å². The highest BCUT2D eigenvalue weighted by Gasteiger charge is 2.27. The van der Waals surface area contributed by atoms with E-state index in [0.29, 0.717) is 0 Å². The van der Waals surface area contributed by atoms with Crippen LogP contribution in [0.2, 0.25) is 0 Å². The number of unbranched alkanes of at least 4 members (excludes halogenated alkanes) is 7. The largest absolute Gasteiger partial charge is 0.329 e. The summed E-state index contributed by atoms with van der Waals surface area (Å²) >= 11 is 0. The summed E-state index contributed by atoms with van der Waals surface area (Å²) in [4.78, 5) is 2.61. The van der Waals surface area contributed by atoms with Crippen molar-refractivity contribution in [1.82, 2.24) is 4.90 Å². The van der Waals surface area contributed by atoms with E-state index in [1.807, 2.05) is 0 Å². The van der Waals surface area contributed by atoms with Gasteiger partial charge in [-0.05, 0) is 25.8 Å². The van der Waals surface area contributed by atoms with E-state index in [2.05, 4.69) is 11.8 Å². The third-order valence-corrected chi connectivity index (χ3v) is 3.78. The molecule has 1 saturated carbocycles. The maximum absolute atomic E-state index is 5.65. The maximum atomic E-state index is 5.65. The van der Waals surface area contributed by atoms with Crippen LogP contribution < -0.4 is 5.73 Å². The van der Waals surface area contributed by atoms with Gasteiger partial charge in [-0.3, -0.25) is 4.90 Å². The van der Waals surface area contributed by atoms with Crippen LogP contribution in [0.3, 0.4) is 0 Å². The van der Waals surface area contributed by atoms with Crippen LogP contribution >= 0.6 is 0 Å². The lowest BCUT2D eigenvalue weighted by Crippen LogP contribution is -2.32. The lowest BCUT2D eigenvalue weighted by molar-refractivity contribution is 0.264. The van der Waals surface area contributed by atoms with Gasteiger partial charge in [0.05, 0.1) is 0 Å². The van der Waals surface area contributed by atoms with E-state index in [-0.39, 0.29) is 0 Å². The zero-order valence-corrected chi connectivity index (χ0v) is 11.8. The summed E-state index contributed by atoms with van der Waals surface area (Å²) in [5.41, 5.74) is 5.65. The van der Waals surface area contributed by atoms with Crippen molar-refractivity contribution < 1.29 is 0 Å². The van der Waals surface area contributed by atoms with Crippen LogP contribution in [0.25, 0.3) is 0 Å². The van der Waals surface area contributed by atoms with E-state index in [9.17, 15) is 0 Å². The second-order valence-corrected chi connectivity index (χ2v) is 5.53. The van der Waals surface area contributed by atoms with Gasteiger partial charge in [-0.15, -0.1) is 0 Å². The Bertz CT molecular complexity index is 166. The molecule has 2 nitrogen and oxygen atoms in total. The monoisotopic (exact) mass is 240 g/mol. The van der Waals surface area contributed by atoms with E-state index in [0.717, 1.165) is 19.1 Å². The third-order valence-electron chi connectivity index (χ3n) is 3.78. The summed E-state index contributed by atoms with van der Waals surface area (Å²) in [7, 11) is 0. The van der Waals surface area contributed by atoms with Gasteiger partial charge in [0.15, 0.2) is 0 Å². The minimum atomic E-state index is 0.827. The van der Waals surface area contributed by atoms with Gasteiger partial charge >= 0.3 is 0 Å². The second-order valence-electron chi connectivity index (χ2n) is 5.53. The van der Waals surface area contributed by atoms with Crippen molar-refractivity contribution >= 4 is 0 Å². The van der Waals surface area contributed by atoms with Gasteiger partial charge in [0.1, 0.15) is 0 Å². The molecule has 17 heavy (non-hydrogen) atoms. The molecule has 0 aromatic carbocycles. The molecule has 0 radical (unpaired) electrons. The van der Waals surface area contributed by atoms with E-state index < -0.39 is 0 Å². The first kappa shape index (κ1) is 15.0. The summed E-state index contributed by atoms with van der Waals surface area (Å²) < 4.78 is 0. The Morgan fingerprint density at radius 1 is 0.882 bits per heavy atom. The summed E-state index contributed by atoms with van der Waals surface area (Å²) in [5, 5.41) is 0. The molecule has 0 aliphatic heterocycles. The fourth-order valence-electron chi connectivity index (χ4n) is 2.53. The molecule has 1 fully saturated rings. The fraction of sp³-hybridized carbons (Fsp3) is 1.00. The molecule has 0 unspecified atom stereocenters. The molecule has 0 bridgehead atoms. The number of hydrogen-bond acceptors (Lipinski definition) is 2. The smallest absolute Gasteiger partial charge is 0.0108 e. The Hall–Kier alpha value is -0.0800. The molecular formula is C15H32N2. The second kappa shape index (κ2) is 9.90. The van der Waals surface area contributed by atoms with Crippen LogP contribution in [0.1, 0.15) is 71.1 Å². The van der Waals surface area contributed by atoms with Crippen LogP contribution in [-0.2, 0) is 0 Å². The lowest BCUT2D eigenvalue weighted by atomic mass is 10.1. The van der Waals surface area contributed by atoms with Gasteiger partial charge in [-0.25, -0.2) is 0 Å². The van der Waals surface area contributed by atoms with Gasteiger partial charge in [-0.2, -0.15) is 0 Å². The van der Waals surface area contributed by atoms with Crippen molar-refractivity contribution in [3.63, 3.8) is 0 Å². The highest BCUT2D eigenvalue weighted by atomic mass is 15.2. The molecule has 0 heterocycles. The number of nitrogens with zero attached hydrogens (tertiary/aromatic N) is 1. The molecule has 1 aliphatic rings. The van der Waals surface area contributed by atoms with Crippen molar-refractivity contribution in [1.29, 1.82) is 0 Å². The molecule has 0 aromatic rings. The highest BCUT2D eigenvalue weighted by molar-refractivity contribution is 4.84. The maximum Gasteiger partial charge on any atom is 0.0108 e. The van der Waals surface area contributed by atoms with Crippen molar-refractivity contribution in [3.8, 4) is 0 Å². The van der Waals surface area contributed by atoms with E-state index >= 15 is 0 Å². The van der Waals surface area contributed by atoms with Gasteiger partial charge in [0, 0.05) is 19.1 Å². The van der Waals surface area contributed by atoms with E-state index in [1.54, 1.807) is 0 Å². The lowest BCUT2D eigenvalue weighted by Gasteiger charge is -2.20. The Morgan fingerprint density at radius 2 is 1.47 bits per heavy atom. The topological polar surface area (TPSA) is 29.3 Å². The van der Waals surface area contributed by atoms with Gasteiger partial charge < -0.3 is 5.73 Å². The van der Waals surface area contributed by atoms with Gasteiger partial charge in [0.25, 0.3) is 0 Å². The Morgan fingerprint density at radius 3 is 2.00 bits per heavy atom. The molecule has 0 saturated heterocycles. The molecule has 2 N–H and O–H groups in total. The SMILES string of the molecule is CCCCCCCCCCN(CCN)C1CC1. The minimum absolute atomic E-state index is 0.827. The Kier molecular flexibility index (Phi) is 8.72. The van der Waals surface area contributed by atoms with Crippen LogP contribution in [0.5, 0.6) is 0 Å².